The van der Waals surface area contributed by atoms with E-state index in [1.165, 1.54) is 38.9 Å². The molecule has 7 heteroatoms. The van der Waals surface area contributed by atoms with Crippen molar-refractivity contribution in [1.82, 2.24) is 20.4 Å². The summed E-state index contributed by atoms with van der Waals surface area (Å²) in [7, 11) is 0. The number of hydrogen-bond acceptors (Lipinski definition) is 4. The van der Waals surface area contributed by atoms with Gasteiger partial charge in [-0.1, -0.05) is 13.8 Å². The normalized spacial score (nSPS) is 25.1. The fourth-order valence-electron chi connectivity index (χ4n) is 4.11. The van der Waals surface area contributed by atoms with E-state index in [4.69, 9.17) is 9.73 Å². The number of nitrogens with one attached hydrogen (secondary N) is 2. The molecular weight excluding hydrogens is 453 g/mol. The molecule has 2 saturated heterocycles. The Morgan fingerprint density at radius 1 is 1.00 bits per heavy atom. The highest BCUT2D eigenvalue weighted by Gasteiger charge is 2.20. The van der Waals surface area contributed by atoms with Crippen LogP contribution in [-0.2, 0) is 4.74 Å². The summed E-state index contributed by atoms with van der Waals surface area (Å²) in [4.78, 5) is 9.83. The smallest absolute Gasteiger partial charge is 0.191 e. The van der Waals surface area contributed by atoms with E-state index in [0.29, 0.717) is 0 Å². The Kier molecular flexibility index (Phi) is 13.7. The van der Waals surface area contributed by atoms with E-state index in [-0.39, 0.29) is 24.0 Å². The number of guanidine groups is 1. The Labute approximate surface area is 183 Å². The zero-order valence-corrected chi connectivity index (χ0v) is 20.0. The third-order valence-corrected chi connectivity index (χ3v) is 5.27. The monoisotopic (exact) mass is 495 g/mol. The van der Waals surface area contributed by atoms with Crippen LogP contribution in [-0.4, -0.2) is 87.9 Å². The van der Waals surface area contributed by atoms with Crippen molar-refractivity contribution < 1.29 is 4.74 Å². The number of aliphatic imine (C=N–C) groups is 1. The van der Waals surface area contributed by atoms with Gasteiger partial charge in [0.15, 0.2) is 5.96 Å². The molecule has 0 aromatic heterocycles. The molecule has 2 unspecified atom stereocenters. The standard InChI is InChI=1S/C20H41N5O.HI/c1-4-21-20(23-8-10-24-11-13-26-14-12-24)22-7-5-6-9-25-16-18(2)15-19(3)17-25;/h18-19H,4-17H2,1-3H3,(H2,21,22,23);1H. The van der Waals surface area contributed by atoms with Crippen LogP contribution in [0.1, 0.15) is 40.0 Å². The van der Waals surface area contributed by atoms with Gasteiger partial charge in [-0.25, -0.2) is 0 Å². The number of hydrogen-bond donors (Lipinski definition) is 2. The first-order chi connectivity index (χ1) is 12.7. The van der Waals surface area contributed by atoms with Gasteiger partial charge in [-0.3, -0.25) is 9.89 Å². The SMILES string of the molecule is CCNC(=NCCCCN1CC(C)CC(C)C1)NCCN1CCOCC1.I. The fourth-order valence-corrected chi connectivity index (χ4v) is 4.11. The van der Waals surface area contributed by atoms with Crippen molar-refractivity contribution in [2.24, 2.45) is 16.8 Å². The van der Waals surface area contributed by atoms with Crippen molar-refractivity contribution in [3.8, 4) is 0 Å². The first kappa shape index (κ1) is 24.9. The minimum atomic E-state index is 0. The van der Waals surface area contributed by atoms with E-state index in [1.807, 2.05) is 0 Å². The summed E-state index contributed by atoms with van der Waals surface area (Å²) in [5.74, 6) is 2.67. The molecule has 0 aromatic carbocycles. The molecule has 0 radical (unpaired) electrons. The van der Waals surface area contributed by atoms with E-state index in [9.17, 15) is 0 Å². The molecule has 2 aliphatic heterocycles. The number of nitrogens with zero attached hydrogens (tertiary/aromatic N) is 3. The second kappa shape index (κ2) is 14.8. The van der Waals surface area contributed by atoms with Crippen LogP contribution in [0.25, 0.3) is 0 Å². The first-order valence-electron chi connectivity index (χ1n) is 10.7. The van der Waals surface area contributed by atoms with Crippen molar-refractivity contribution in [2.45, 2.75) is 40.0 Å². The van der Waals surface area contributed by atoms with Crippen LogP contribution in [0.5, 0.6) is 0 Å². The van der Waals surface area contributed by atoms with Gasteiger partial charge in [-0.2, -0.15) is 0 Å². The molecule has 0 bridgehead atoms. The van der Waals surface area contributed by atoms with Gasteiger partial charge in [0, 0.05) is 52.4 Å². The highest BCUT2D eigenvalue weighted by molar-refractivity contribution is 14.0. The van der Waals surface area contributed by atoms with Gasteiger partial charge in [0.25, 0.3) is 0 Å². The van der Waals surface area contributed by atoms with Gasteiger partial charge < -0.3 is 20.3 Å². The molecule has 0 amide bonds. The van der Waals surface area contributed by atoms with Gasteiger partial charge in [-0.05, 0) is 44.6 Å². The third-order valence-electron chi connectivity index (χ3n) is 5.27. The molecule has 6 nitrogen and oxygen atoms in total. The third kappa shape index (κ3) is 10.9. The van der Waals surface area contributed by atoms with Gasteiger partial charge in [0.05, 0.1) is 13.2 Å². The summed E-state index contributed by atoms with van der Waals surface area (Å²) >= 11 is 0. The number of unbranched alkanes of at least 4 members (excludes halogenated alkanes) is 1. The Balaban J connectivity index is 0.00000364. The number of morpholine rings is 1. The average Bonchev–Trinajstić information content (AvgIpc) is 2.61. The first-order valence-corrected chi connectivity index (χ1v) is 10.7. The number of likely N-dealkylation sites (tertiary alicyclic amines) is 1. The Bertz CT molecular complexity index is 394. The summed E-state index contributed by atoms with van der Waals surface area (Å²) in [5.41, 5.74) is 0. The van der Waals surface area contributed by atoms with E-state index < -0.39 is 0 Å². The highest BCUT2D eigenvalue weighted by Crippen LogP contribution is 2.20. The quantitative estimate of drug-likeness (QED) is 0.223. The van der Waals surface area contributed by atoms with Crippen LogP contribution in [0.15, 0.2) is 4.99 Å². The Morgan fingerprint density at radius 3 is 2.37 bits per heavy atom. The molecule has 0 aromatic rings. The topological polar surface area (TPSA) is 52.1 Å². The minimum absolute atomic E-state index is 0. The molecule has 0 saturated carbocycles. The van der Waals surface area contributed by atoms with Crippen LogP contribution < -0.4 is 10.6 Å². The lowest BCUT2D eigenvalue weighted by molar-refractivity contribution is 0.0389. The minimum Gasteiger partial charge on any atom is -0.379 e. The number of ether oxygens (including phenoxy) is 1. The molecule has 0 aliphatic carbocycles. The van der Waals surface area contributed by atoms with Gasteiger partial charge in [0.2, 0.25) is 0 Å². The van der Waals surface area contributed by atoms with E-state index in [0.717, 1.165) is 70.3 Å². The van der Waals surface area contributed by atoms with Crippen LogP contribution in [0.3, 0.4) is 0 Å². The second-order valence-electron chi connectivity index (χ2n) is 8.05. The molecule has 2 N–H and O–H groups in total. The number of piperidine rings is 1. The molecule has 2 atom stereocenters. The van der Waals surface area contributed by atoms with Crippen LogP contribution in [0.2, 0.25) is 0 Å². The second-order valence-corrected chi connectivity index (χ2v) is 8.05. The average molecular weight is 495 g/mol. The lowest BCUT2D eigenvalue weighted by Gasteiger charge is -2.34. The van der Waals surface area contributed by atoms with Crippen LogP contribution in [0.4, 0.5) is 0 Å². The maximum Gasteiger partial charge on any atom is 0.191 e. The van der Waals surface area contributed by atoms with Gasteiger partial charge in [0.1, 0.15) is 0 Å². The van der Waals surface area contributed by atoms with Crippen molar-refractivity contribution in [3.05, 3.63) is 0 Å². The fraction of sp³-hybridized carbons (Fsp3) is 0.950. The molecular formula is C20H42IN5O. The van der Waals surface area contributed by atoms with E-state index in [1.54, 1.807) is 0 Å². The summed E-state index contributed by atoms with van der Waals surface area (Å²) in [6.07, 6.45) is 3.80. The predicted octanol–water partition coefficient (Wildman–Crippen LogP) is 2.25. The maximum absolute atomic E-state index is 5.40. The molecule has 2 rings (SSSR count). The summed E-state index contributed by atoms with van der Waals surface area (Å²) in [6.45, 7) is 18.3. The van der Waals surface area contributed by atoms with Gasteiger partial charge >= 0.3 is 0 Å². The summed E-state index contributed by atoms with van der Waals surface area (Å²) in [6, 6.07) is 0. The molecule has 0 spiro atoms. The zero-order chi connectivity index (χ0) is 18.6. The molecule has 2 aliphatic rings. The van der Waals surface area contributed by atoms with Crippen LogP contribution in [0, 0.1) is 11.8 Å². The maximum atomic E-state index is 5.40. The van der Waals surface area contributed by atoms with Crippen molar-refractivity contribution >= 4 is 29.9 Å². The van der Waals surface area contributed by atoms with E-state index >= 15 is 0 Å². The highest BCUT2D eigenvalue weighted by atomic mass is 127. The molecule has 160 valence electrons. The summed E-state index contributed by atoms with van der Waals surface area (Å²) in [5, 5.41) is 6.82. The molecule has 2 heterocycles. The number of halogens is 1. The van der Waals surface area contributed by atoms with Crippen LogP contribution >= 0.6 is 24.0 Å². The molecule has 2 fully saturated rings. The Morgan fingerprint density at radius 2 is 1.70 bits per heavy atom. The Hall–Kier alpha value is -0.120. The molecule has 27 heavy (non-hydrogen) atoms. The van der Waals surface area contributed by atoms with Crippen molar-refractivity contribution in [1.29, 1.82) is 0 Å². The zero-order valence-electron chi connectivity index (χ0n) is 17.7. The summed E-state index contributed by atoms with van der Waals surface area (Å²) < 4.78 is 5.40. The lowest BCUT2D eigenvalue weighted by Crippen LogP contribution is -2.44. The van der Waals surface area contributed by atoms with E-state index in [2.05, 4.69) is 41.2 Å². The largest absolute Gasteiger partial charge is 0.379 e. The predicted molar refractivity (Wildman–Crippen MR) is 125 cm³/mol. The van der Waals surface area contributed by atoms with Crippen molar-refractivity contribution in [2.75, 3.05) is 72.1 Å². The van der Waals surface area contributed by atoms with Gasteiger partial charge in [-0.15, -0.1) is 24.0 Å². The lowest BCUT2D eigenvalue weighted by atomic mass is 9.92. The number of rotatable bonds is 9. The van der Waals surface area contributed by atoms with Crippen molar-refractivity contribution in [3.63, 3.8) is 0 Å².